The third-order valence-electron chi connectivity index (χ3n) is 3.83. The maximum Gasteiger partial charge on any atom is 0.165 e. The molecule has 1 fully saturated rings. The predicted octanol–water partition coefficient (Wildman–Crippen LogP) is 2.72. The van der Waals surface area contributed by atoms with Gasteiger partial charge in [-0.15, -0.1) is 0 Å². The molecule has 0 aromatic heterocycles. The lowest BCUT2D eigenvalue weighted by atomic mass is 9.96. The minimum Gasteiger partial charge on any atom is -0.392 e. The predicted molar refractivity (Wildman–Crippen MR) is 79.3 cm³/mol. The molecule has 0 bridgehead atoms. The fourth-order valence-corrected chi connectivity index (χ4v) is 2.91. The van der Waals surface area contributed by atoms with Crippen LogP contribution in [0.1, 0.15) is 30.1 Å². The summed E-state index contributed by atoms with van der Waals surface area (Å²) in [4.78, 5) is 14.3. The first-order valence-corrected chi connectivity index (χ1v) is 7.55. The molecule has 1 saturated heterocycles. The molecule has 0 spiro atoms. The van der Waals surface area contributed by atoms with Crippen molar-refractivity contribution in [1.82, 2.24) is 4.90 Å². The zero-order chi connectivity index (χ0) is 13.8. The second kappa shape index (κ2) is 6.64. The second-order valence-electron chi connectivity index (χ2n) is 5.29. The average Bonchev–Trinajstić information content (AvgIpc) is 2.40. The van der Waals surface area contributed by atoms with Gasteiger partial charge in [0.2, 0.25) is 0 Å². The molecule has 1 aromatic carbocycles. The van der Waals surface area contributed by atoms with E-state index in [-0.39, 0.29) is 11.9 Å². The Bertz CT molecular complexity index is 450. The number of halogens is 1. The van der Waals surface area contributed by atoms with Crippen LogP contribution in [0, 0.1) is 5.92 Å². The van der Waals surface area contributed by atoms with Crippen LogP contribution in [0.2, 0.25) is 0 Å². The first kappa shape index (κ1) is 14.7. The number of benzene rings is 1. The zero-order valence-electron chi connectivity index (χ0n) is 11.2. The molecule has 3 nitrogen and oxygen atoms in total. The van der Waals surface area contributed by atoms with Crippen LogP contribution in [0.15, 0.2) is 28.7 Å². The molecule has 104 valence electrons. The van der Waals surface area contributed by atoms with E-state index >= 15 is 0 Å². The number of nitrogens with zero attached hydrogens (tertiary/aromatic N) is 1. The largest absolute Gasteiger partial charge is 0.392 e. The molecule has 1 aliphatic heterocycles. The average molecular weight is 326 g/mol. The Balaban J connectivity index is 1.86. The molecular weight excluding hydrogens is 306 g/mol. The van der Waals surface area contributed by atoms with E-state index in [0.29, 0.717) is 18.9 Å². The van der Waals surface area contributed by atoms with Crippen LogP contribution in [0.25, 0.3) is 0 Å². The van der Waals surface area contributed by atoms with Crippen molar-refractivity contribution in [3.8, 4) is 0 Å². The normalized spacial score (nSPS) is 24.4. The number of Topliss-reactive ketones (excluding diaryl/α,β-unsaturated/α-hetero) is 1. The van der Waals surface area contributed by atoms with Gasteiger partial charge in [-0.05, 0) is 24.9 Å². The fourth-order valence-electron chi connectivity index (χ4n) is 2.40. The number of carbonyl (C=O) groups is 1. The Morgan fingerprint density at radius 1 is 1.47 bits per heavy atom. The number of piperidine rings is 1. The maximum absolute atomic E-state index is 12.1. The van der Waals surface area contributed by atoms with Gasteiger partial charge in [0.1, 0.15) is 0 Å². The Hall–Kier alpha value is -0.710. The van der Waals surface area contributed by atoms with Gasteiger partial charge in [-0.25, -0.2) is 0 Å². The van der Waals surface area contributed by atoms with Crippen molar-refractivity contribution >= 4 is 21.7 Å². The van der Waals surface area contributed by atoms with Gasteiger partial charge < -0.3 is 10.0 Å². The van der Waals surface area contributed by atoms with E-state index < -0.39 is 0 Å². The molecule has 1 heterocycles. The minimum atomic E-state index is -0.257. The van der Waals surface area contributed by atoms with Crippen LogP contribution in [0.4, 0.5) is 0 Å². The van der Waals surface area contributed by atoms with Crippen LogP contribution in [0.5, 0.6) is 0 Å². The fraction of sp³-hybridized carbons (Fsp3) is 0.533. The lowest BCUT2D eigenvalue weighted by molar-refractivity contribution is 0.0287. The van der Waals surface area contributed by atoms with Crippen LogP contribution < -0.4 is 0 Å². The van der Waals surface area contributed by atoms with E-state index in [0.717, 1.165) is 29.5 Å². The third kappa shape index (κ3) is 3.88. The van der Waals surface area contributed by atoms with Gasteiger partial charge in [-0.3, -0.25) is 4.79 Å². The first-order chi connectivity index (χ1) is 9.08. The third-order valence-corrected chi connectivity index (χ3v) is 4.52. The Morgan fingerprint density at radius 2 is 2.21 bits per heavy atom. The van der Waals surface area contributed by atoms with E-state index in [9.17, 15) is 9.90 Å². The van der Waals surface area contributed by atoms with E-state index in [1.165, 1.54) is 0 Å². The summed E-state index contributed by atoms with van der Waals surface area (Å²) >= 11 is 3.41. The molecule has 0 saturated carbocycles. The van der Waals surface area contributed by atoms with Gasteiger partial charge in [-0.1, -0.05) is 41.1 Å². The molecule has 1 aliphatic rings. The van der Waals surface area contributed by atoms with Crippen molar-refractivity contribution in [2.75, 3.05) is 19.6 Å². The Kier molecular flexibility index (Phi) is 5.13. The van der Waals surface area contributed by atoms with Crippen molar-refractivity contribution in [2.24, 2.45) is 5.92 Å². The second-order valence-corrected chi connectivity index (χ2v) is 6.14. The van der Waals surface area contributed by atoms with Crippen molar-refractivity contribution in [3.05, 3.63) is 34.3 Å². The highest BCUT2D eigenvalue weighted by atomic mass is 79.9. The van der Waals surface area contributed by atoms with Crippen molar-refractivity contribution in [1.29, 1.82) is 0 Å². The van der Waals surface area contributed by atoms with Crippen molar-refractivity contribution in [2.45, 2.75) is 25.9 Å². The molecule has 19 heavy (non-hydrogen) atoms. The van der Waals surface area contributed by atoms with E-state index in [2.05, 4.69) is 27.8 Å². The number of rotatable bonds is 4. The van der Waals surface area contributed by atoms with Crippen molar-refractivity contribution < 1.29 is 9.90 Å². The Labute approximate surface area is 122 Å². The highest BCUT2D eigenvalue weighted by Gasteiger charge is 2.24. The van der Waals surface area contributed by atoms with Gasteiger partial charge in [0.25, 0.3) is 0 Å². The minimum absolute atomic E-state index is 0.153. The Morgan fingerprint density at radius 3 is 2.89 bits per heavy atom. The zero-order valence-corrected chi connectivity index (χ0v) is 12.8. The molecule has 2 atom stereocenters. The monoisotopic (exact) mass is 325 g/mol. The molecule has 2 unspecified atom stereocenters. The summed E-state index contributed by atoms with van der Waals surface area (Å²) in [5.41, 5.74) is 0.744. The number of carbonyl (C=O) groups excluding carboxylic acids is 1. The quantitative estimate of drug-likeness (QED) is 0.865. The number of aliphatic hydroxyl groups is 1. The summed E-state index contributed by atoms with van der Waals surface area (Å²) in [6, 6.07) is 7.52. The number of hydrogen-bond donors (Lipinski definition) is 1. The number of likely N-dealkylation sites (tertiary alicyclic amines) is 1. The molecule has 0 radical (unpaired) electrons. The highest BCUT2D eigenvalue weighted by molar-refractivity contribution is 9.10. The lowest BCUT2D eigenvalue weighted by Gasteiger charge is -2.34. The van der Waals surface area contributed by atoms with Crippen LogP contribution in [0.3, 0.4) is 0 Å². The molecule has 1 aromatic rings. The maximum atomic E-state index is 12.1. The number of aliphatic hydroxyl groups excluding tert-OH is 1. The molecule has 0 aliphatic carbocycles. The van der Waals surface area contributed by atoms with Crippen LogP contribution in [-0.2, 0) is 0 Å². The van der Waals surface area contributed by atoms with Gasteiger partial charge in [0.15, 0.2) is 5.78 Å². The first-order valence-electron chi connectivity index (χ1n) is 6.76. The van der Waals surface area contributed by atoms with Crippen LogP contribution in [-0.4, -0.2) is 41.5 Å². The summed E-state index contributed by atoms with van der Waals surface area (Å²) in [5.74, 6) is 0.524. The van der Waals surface area contributed by atoms with E-state index in [1.54, 1.807) is 0 Å². The molecule has 0 amide bonds. The lowest BCUT2D eigenvalue weighted by Crippen LogP contribution is -2.43. The molecule has 4 heteroatoms. The van der Waals surface area contributed by atoms with Crippen LogP contribution >= 0.6 is 15.9 Å². The molecule has 2 rings (SSSR count). The van der Waals surface area contributed by atoms with Gasteiger partial charge in [-0.2, -0.15) is 0 Å². The van der Waals surface area contributed by atoms with Gasteiger partial charge in [0, 0.05) is 29.5 Å². The number of β-amino-alcohol motifs (C(OH)–C–C–N with tert-alkyl or cyclic N) is 1. The smallest absolute Gasteiger partial charge is 0.165 e. The summed E-state index contributed by atoms with van der Waals surface area (Å²) in [7, 11) is 0. The summed E-state index contributed by atoms with van der Waals surface area (Å²) < 4.78 is 0.854. The summed E-state index contributed by atoms with van der Waals surface area (Å²) in [6.45, 7) is 4.46. The molecular formula is C15H20BrNO2. The summed E-state index contributed by atoms with van der Waals surface area (Å²) in [6.07, 6.45) is 1.25. The van der Waals surface area contributed by atoms with Gasteiger partial charge in [0.05, 0.1) is 6.10 Å². The van der Waals surface area contributed by atoms with Crippen molar-refractivity contribution in [3.63, 3.8) is 0 Å². The van der Waals surface area contributed by atoms with E-state index in [4.69, 9.17) is 0 Å². The standard InChI is InChI=1S/C15H20BrNO2/c1-11-6-8-17(10-15(11)19)9-7-14(18)12-4-2-3-5-13(12)16/h2-5,11,15,19H,6-10H2,1H3. The van der Waals surface area contributed by atoms with Gasteiger partial charge >= 0.3 is 0 Å². The van der Waals surface area contributed by atoms with E-state index in [1.807, 2.05) is 24.3 Å². The molecule has 1 N–H and O–H groups in total. The SMILES string of the molecule is CC1CCN(CCC(=O)c2ccccc2Br)CC1O. The highest BCUT2D eigenvalue weighted by Crippen LogP contribution is 2.20. The summed E-state index contributed by atoms with van der Waals surface area (Å²) in [5, 5.41) is 9.84. The number of hydrogen-bond acceptors (Lipinski definition) is 3. The number of ketones is 1. The topological polar surface area (TPSA) is 40.5 Å².